The molecule has 2 bridgehead atoms. The Morgan fingerprint density at radius 2 is 1.86 bits per heavy atom. The fourth-order valence-electron chi connectivity index (χ4n) is 6.46. The van der Waals surface area contributed by atoms with Crippen molar-refractivity contribution in [3.05, 3.63) is 33.8 Å². The number of amides is 3. The number of hydrogen-bond acceptors (Lipinski definition) is 4. The Bertz CT molecular complexity index is 1030. The van der Waals surface area contributed by atoms with Crippen molar-refractivity contribution in [1.82, 2.24) is 14.7 Å². The van der Waals surface area contributed by atoms with Crippen LogP contribution in [-0.4, -0.2) is 83.1 Å². The number of benzene rings is 1. The van der Waals surface area contributed by atoms with Gasteiger partial charge in [0.2, 0.25) is 0 Å². The van der Waals surface area contributed by atoms with Crippen LogP contribution in [0.1, 0.15) is 43.4 Å². The molecule has 190 valence electrons. The van der Waals surface area contributed by atoms with Crippen molar-refractivity contribution in [2.24, 2.45) is 17.3 Å². The molecule has 3 atom stereocenters. The van der Waals surface area contributed by atoms with Gasteiger partial charge in [0.05, 0.1) is 19.3 Å². The molecule has 9 heteroatoms. The van der Waals surface area contributed by atoms with E-state index in [1.54, 1.807) is 0 Å². The van der Waals surface area contributed by atoms with Crippen molar-refractivity contribution in [2.45, 2.75) is 52.1 Å². The van der Waals surface area contributed by atoms with E-state index in [-0.39, 0.29) is 23.9 Å². The Kier molecular flexibility index (Phi) is 6.46. The molecule has 1 aromatic carbocycles. The minimum Gasteiger partial charge on any atom is -0.465 e. The largest absolute Gasteiger partial charge is 0.465 e. The first-order valence-corrected chi connectivity index (χ1v) is 13.0. The monoisotopic (exact) mass is 503 g/mol. The van der Waals surface area contributed by atoms with Gasteiger partial charge in [0.1, 0.15) is 5.78 Å². The highest BCUT2D eigenvalue weighted by Crippen LogP contribution is 2.37. The van der Waals surface area contributed by atoms with Gasteiger partial charge in [-0.25, -0.2) is 9.59 Å². The number of carboxylic acid groups (broad SMARTS) is 1. The predicted octanol–water partition coefficient (Wildman–Crippen LogP) is 3.68. The summed E-state index contributed by atoms with van der Waals surface area (Å²) < 4.78 is 5.66. The Morgan fingerprint density at radius 1 is 1.14 bits per heavy atom. The molecule has 1 aromatic rings. The number of ketones is 1. The molecule has 5 rings (SSSR count). The lowest BCUT2D eigenvalue weighted by atomic mass is 9.76. The number of Topliss-reactive ketones (excluding diaryl/α,β-unsaturated/α-hetero) is 1. The first kappa shape index (κ1) is 24.4. The standard InChI is InChI=1S/C26H34ClN3O5/c1-26(2,22-15-35-8-7-30(22)25(33)34)11-19-10-20(27)9-16-5-6-28(14-21(16)19)24(32)29-12-17-3-4-18(13-29)23(17)31/h9-10,17-18,22H,3-8,11-15H2,1-2H3,(H,33,34)/t17?,18?,22-/m0/s1. The molecule has 1 N–H and O–H groups in total. The summed E-state index contributed by atoms with van der Waals surface area (Å²) >= 11 is 6.50. The first-order chi connectivity index (χ1) is 16.6. The highest BCUT2D eigenvalue weighted by atomic mass is 35.5. The van der Waals surface area contributed by atoms with Crippen LogP contribution in [0, 0.1) is 17.3 Å². The van der Waals surface area contributed by atoms with Crippen LogP contribution < -0.4 is 0 Å². The maximum Gasteiger partial charge on any atom is 0.407 e. The van der Waals surface area contributed by atoms with Crippen LogP contribution in [0.3, 0.4) is 0 Å². The number of likely N-dealkylation sites (tertiary alicyclic amines) is 1. The fraction of sp³-hybridized carbons (Fsp3) is 0.654. The van der Waals surface area contributed by atoms with Crippen molar-refractivity contribution in [3.8, 4) is 0 Å². The van der Waals surface area contributed by atoms with Crippen LogP contribution in [0.5, 0.6) is 0 Å². The SMILES string of the molecule is CC(C)(Cc1cc(Cl)cc2c1CN(C(=O)N1CC3CCC(C1)C3=O)CC2)[C@@H]1COCCN1C(=O)O. The zero-order chi connectivity index (χ0) is 24.9. The van der Waals surface area contributed by atoms with Gasteiger partial charge in [-0.05, 0) is 59.9 Å². The number of nitrogens with zero attached hydrogens (tertiary/aromatic N) is 3. The molecule has 0 aromatic heterocycles. The van der Waals surface area contributed by atoms with E-state index in [1.165, 1.54) is 4.90 Å². The molecule has 2 saturated heterocycles. The van der Waals surface area contributed by atoms with Crippen molar-refractivity contribution < 1.29 is 24.2 Å². The third-order valence-electron chi connectivity index (χ3n) is 8.41. The molecule has 2 unspecified atom stereocenters. The van der Waals surface area contributed by atoms with Gasteiger partial charge in [0.15, 0.2) is 0 Å². The maximum atomic E-state index is 13.4. The van der Waals surface area contributed by atoms with Crippen LogP contribution >= 0.6 is 11.6 Å². The molecule has 0 spiro atoms. The lowest BCUT2D eigenvalue weighted by Crippen LogP contribution is -2.55. The molecule has 4 aliphatic rings. The number of piperidine rings is 1. The Hall–Kier alpha value is -2.32. The van der Waals surface area contributed by atoms with Crippen LogP contribution in [0.2, 0.25) is 5.02 Å². The number of carbonyl (C=O) groups excluding carboxylic acids is 2. The predicted molar refractivity (Wildman–Crippen MR) is 131 cm³/mol. The van der Waals surface area contributed by atoms with E-state index >= 15 is 0 Å². The summed E-state index contributed by atoms with van der Waals surface area (Å²) in [5, 5.41) is 10.4. The molecule has 0 radical (unpaired) electrons. The second-order valence-electron chi connectivity index (χ2n) is 11.2. The van der Waals surface area contributed by atoms with Gasteiger partial charge in [0.25, 0.3) is 0 Å². The van der Waals surface area contributed by atoms with Gasteiger partial charge in [-0.2, -0.15) is 0 Å². The molecular formula is C26H34ClN3O5. The van der Waals surface area contributed by atoms with Crippen molar-refractivity contribution in [3.63, 3.8) is 0 Å². The summed E-state index contributed by atoms with van der Waals surface area (Å²) in [4.78, 5) is 42.9. The number of morpholine rings is 1. The fourth-order valence-corrected chi connectivity index (χ4v) is 6.73. The summed E-state index contributed by atoms with van der Waals surface area (Å²) in [5.41, 5.74) is 2.92. The number of hydrogen-bond donors (Lipinski definition) is 1. The van der Waals surface area contributed by atoms with E-state index in [2.05, 4.69) is 13.8 Å². The Labute approximate surface area is 211 Å². The van der Waals surface area contributed by atoms with Gasteiger partial charge in [-0.15, -0.1) is 0 Å². The van der Waals surface area contributed by atoms with Crippen LogP contribution in [-0.2, 0) is 28.9 Å². The highest BCUT2D eigenvalue weighted by molar-refractivity contribution is 6.30. The number of fused-ring (bicyclic) bond motifs is 3. The Balaban J connectivity index is 1.36. The summed E-state index contributed by atoms with van der Waals surface area (Å²) in [5.74, 6) is 0.332. The van der Waals surface area contributed by atoms with Crippen molar-refractivity contribution in [1.29, 1.82) is 0 Å². The average Bonchev–Trinajstić information content (AvgIpc) is 3.03. The first-order valence-electron chi connectivity index (χ1n) is 12.6. The molecule has 35 heavy (non-hydrogen) atoms. The van der Waals surface area contributed by atoms with Crippen LogP contribution in [0.15, 0.2) is 12.1 Å². The van der Waals surface area contributed by atoms with E-state index < -0.39 is 11.5 Å². The van der Waals surface area contributed by atoms with Gasteiger partial charge in [-0.3, -0.25) is 4.79 Å². The molecule has 8 nitrogen and oxygen atoms in total. The van der Waals surface area contributed by atoms with Crippen molar-refractivity contribution >= 4 is 29.5 Å². The molecule has 1 saturated carbocycles. The summed E-state index contributed by atoms with van der Waals surface area (Å²) in [6, 6.07) is 3.69. The third kappa shape index (κ3) is 4.62. The molecule has 3 fully saturated rings. The molecule has 3 amide bonds. The lowest BCUT2D eigenvalue weighted by molar-refractivity contribution is -0.126. The topological polar surface area (TPSA) is 90.4 Å². The Morgan fingerprint density at radius 3 is 2.54 bits per heavy atom. The molecular weight excluding hydrogens is 470 g/mol. The average molecular weight is 504 g/mol. The number of urea groups is 1. The minimum absolute atomic E-state index is 0.000151. The quantitative estimate of drug-likeness (QED) is 0.679. The van der Waals surface area contributed by atoms with Gasteiger partial charge < -0.3 is 24.5 Å². The normalized spacial score (nSPS) is 26.7. The number of rotatable bonds is 3. The number of halogens is 1. The summed E-state index contributed by atoms with van der Waals surface area (Å²) in [7, 11) is 0. The third-order valence-corrected chi connectivity index (χ3v) is 8.63. The second-order valence-corrected chi connectivity index (χ2v) is 11.6. The van der Waals surface area contributed by atoms with E-state index in [4.69, 9.17) is 16.3 Å². The van der Waals surface area contributed by atoms with E-state index in [0.717, 1.165) is 36.0 Å². The highest BCUT2D eigenvalue weighted by Gasteiger charge is 2.44. The molecule has 3 heterocycles. The smallest absolute Gasteiger partial charge is 0.407 e. The number of carbonyl (C=O) groups is 3. The van der Waals surface area contributed by atoms with Crippen LogP contribution in [0.4, 0.5) is 9.59 Å². The van der Waals surface area contributed by atoms with E-state index in [9.17, 15) is 19.5 Å². The maximum absolute atomic E-state index is 13.4. The zero-order valence-electron chi connectivity index (χ0n) is 20.5. The lowest BCUT2D eigenvalue weighted by Gasteiger charge is -2.44. The van der Waals surface area contributed by atoms with E-state index in [1.807, 2.05) is 21.9 Å². The number of ether oxygens (including phenoxy) is 1. The minimum atomic E-state index is -0.926. The zero-order valence-corrected chi connectivity index (χ0v) is 21.2. The molecule has 1 aliphatic carbocycles. The van der Waals surface area contributed by atoms with Gasteiger partial charge in [-0.1, -0.05) is 25.4 Å². The van der Waals surface area contributed by atoms with E-state index in [0.29, 0.717) is 63.2 Å². The molecule has 3 aliphatic heterocycles. The van der Waals surface area contributed by atoms with Gasteiger partial charge >= 0.3 is 12.1 Å². The summed E-state index contributed by atoms with van der Waals surface area (Å²) in [6.45, 7) is 7.46. The van der Waals surface area contributed by atoms with Crippen molar-refractivity contribution in [2.75, 3.05) is 39.4 Å². The summed E-state index contributed by atoms with van der Waals surface area (Å²) in [6.07, 6.45) is 2.21. The second kappa shape index (κ2) is 9.28. The van der Waals surface area contributed by atoms with Gasteiger partial charge in [0, 0.05) is 49.6 Å². The van der Waals surface area contributed by atoms with Crippen LogP contribution in [0.25, 0.3) is 0 Å².